The molecule has 0 atom stereocenters. The number of nitrogens with one attached hydrogen (secondary N) is 1. The molecule has 130 valence electrons. The predicted molar refractivity (Wildman–Crippen MR) is 99.2 cm³/mol. The van der Waals surface area contributed by atoms with Crippen LogP contribution in [0.2, 0.25) is 0 Å². The number of hydrogen-bond acceptors (Lipinski definition) is 4. The summed E-state index contributed by atoms with van der Waals surface area (Å²) in [4.78, 5) is 16.8. The molecule has 0 spiro atoms. The fourth-order valence-corrected chi connectivity index (χ4v) is 2.82. The first kappa shape index (κ1) is 16.1. The molecule has 0 unspecified atom stereocenters. The highest BCUT2D eigenvalue weighted by molar-refractivity contribution is 6.02. The van der Waals surface area contributed by atoms with Gasteiger partial charge < -0.3 is 8.92 Å². The number of nitrogens with zero attached hydrogens (tertiary/aromatic N) is 3. The van der Waals surface area contributed by atoms with Gasteiger partial charge in [0.2, 0.25) is 5.88 Å². The van der Waals surface area contributed by atoms with Crippen LogP contribution in [0.4, 0.5) is 5.88 Å². The highest BCUT2D eigenvalue weighted by Crippen LogP contribution is 2.22. The van der Waals surface area contributed by atoms with Crippen LogP contribution in [0.3, 0.4) is 0 Å². The van der Waals surface area contributed by atoms with Crippen molar-refractivity contribution in [2.45, 2.75) is 20.3 Å². The Kier molecular flexibility index (Phi) is 4.01. The van der Waals surface area contributed by atoms with Gasteiger partial charge in [-0.25, -0.2) is 4.98 Å². The first-order valence-electron chi connectivity index (χ1n) is 8.46. The van der Waals surface area contributed by atoms with Gasteiger partial charge >= 0.3 is 0 Å². The zero-order valence-electron chi connectivity index (χ0n) is 14.6. The van der Waals surface area contributed by atoms with Gasteiger partial charge in [-0.2, -0.15) is 0 Å². The number of aryl methyl sites for hydroxylation is 2. The molecule has 0 aliphatic rings. The van der Waals surface area contributed by atoms with E-state index in [1.807, 2.05) is 41.7 Å². The van der Waals surface area contributed by atoms with Gasteiger partial charge in [0, 0.05) is 23.5 Å². The third-order valence-corrected chi connectivity index (χ3v) is 4.33. The van der Waals surface area contributed by atoms with Crippen molar-refractivity contribution >= 4 is 17.4 Å². The summed E-state index contributed by atoms with van der Waals surface area (Å²) in [5.41, 5.74) is 4.93. The Morgan fingerprint density at radius 2 is 2.00 bits per heavy atom. The van der Waals surface area contributed by atoms with E-state index in [0.29, 0.717) is 17.3 Å². The zero-order valence-corrected chi connectivity index (χ0v) is 14.6. The number of carbonyl (C=O) groups is 1. The minimum Gasteiger partial charge on any atom is -0.338 e. The lowest BCUT2D eigenvalue weighted by Crippen LogP contribution is -2.11. The van der Waals surface area contributed by atoms with Crippen LogP contribution >= 0.6 is 0 Å². The van der Waals surface area contributed by atoms with Crippen LogP contribution in [-0.2, 0) is 6.42 Å². The molecule has 3 aromatic heterocycles. The maximum absolute atomic E-state index is 12.4. The Balaban J connectivity index is 1.54. The fraction of sp³-hybridized carbons (Fsp3) is 0.150. The van der Waals surface area contributed by atoms with E-state index in [9.17, 15) is 4.79 Å². The van der Waals surface area contributed by atoms with Crippen molar-refractivity contribution in [3.8, 4) is 11.3 Å². The molecular weight excluding hydrogens is 328 g/mol. The summed E-state index contributed by atoms with van der Waals surface area (Å²) < 4.78 is 7.12. The van der Waals surface area contributed by atoms with Crippen molar-refractivity contribution < 1.29 is 9.32 Å². The van der Waals surface area contributed by atoms with Crippen molar-refractivity contribution in [2.24, 2.45) is 0 Å². The van der Waals surface area contributed by atoms with Crippen molar-refractivity contribution in [1.29, 1.82) is 0 Å². The van der Waals surface area contributed by atoms with Crippen LogP contribution < -0.4 is 5.32 Å². The van der Waals surface area contributed by atoms with Crippen molar-refractivity contribution in [3.05, 3.63) is 71.7 Å². The van der Waals surface area contributed by atoms with E-state index in [2.05, 4.69) is 34.5 Å². The molecule has 26 heavy (non-hydrogen) atoms. The summed E-state index contributed by atoms with van der Waals surface area (Å²) in [5.74, 6) is -0.0459. The van der Waals surface area contributed by atoms with Crippen LogP contribution in [-0.4, -0.2) is 20.4 Å². The molecule has 1 N–H and O–H groups in total. The Morgan fingerprint density at radius 1 is 1.19 bits per heavy atom. The maximum Gasteiger partial charge on any atom is 0.278 e. The molecule has 0 saturated heterocycles. The van der Waals surface area contributed by atoms with E-state index in [1.54, 1.807) is 12.3 Å². The Bertz CT molecular complexity index is 1080. The third-order valence-electron chi connectivity index (χ3n) is 4.33. The average molecular weight is 346 g/mol. The predicted octanol–water partition coefficient (Wildman–Crippen LogP) is 4.11. The largest absolute Gasteiger partial charge is 0.338 e. The number of amides is 1. The summed E-state index contributed by atoms with van der Waals surface area (Å²) in [6.45, 7) is 4.07. The summed E-state index contributed by atoms with van der Waals surface area (Å²) >= 11 is 0. The number of fused-ring (bicyclic) bond motifs is 1. The summed E-state index contributed by atoms with van der Waals surface area (Å²) in [7, 11) is 0. The van der Waals surface area contributed by atoms with Gasteiger partial charge in [-0.1, -0.05) is 42.4 Å². The van der Waals surface area contributed by atoms with Gasteiger partial charge in [-0.15, -0.1) is 0 Å². The molecule has 3 heterocycles. The van der Waals surface area contributed by atoms with Gasteiger partial charge in [0.15, 0.2) is 0 Å². The van der Waals surface area contributed by atoms with E-state index >= 15 is 0 Å². The normalized spacial score (nSPS) is 11.0. The molecule has 1 amide bonds. The van der Waals surface area contributed by atoms with Gasteiger partial charge in [-0.3, -0.25) is 10.1 Å². The quantitative estimate of drug-likeness (QED) is 0.603. The van der Waals surface area contributed by atoms with Crippen LogP contribution in [0, 0.1) is 6.92 Å². The molecule has 4 aromatic rings. The van der Waals surface area contributed by atoms with E-state index in [0.717, 1.165) is 23.3 Å². The number of carbonyl (C=O) groups excluding carboxylic acids is 1. The van der Waals surface area contributed by atoms with Crippen molar-refractivity contribution in [3.63, 3.8) is 0 Å². The lowest BCUT2D eigenvalue weighted by molar-refractivity contribution is 0.101. The molecular formula is C20H18N4O2. The minimum atomic E-state index is -0.336. The zero-order chi connectivity index (χ0) is 18.1. The standard InChI is InChI=1S/C20H18N4O2/c1-3-14-7-9-15(10-8-14)16-11-19(26-23-16)22-20(25)17-12-24-13(2)5-4-6-18(24)21-17/h4-12H,3H2,1-2H3,(H,22,25). The van der Waals surface area contributed by atoms with Crippen LogP contribution in [0.15, 0.2) is 59.3 Å². The van der Waals surface area contributed by atoms with Gasteiger partial charge in [-0.05, 0) is 31.0 Å². The number of benzene rings is 1. The first-order valence-corrected chi connectivity index (χ1v) is 8.46. The molecule has 0 bridgehead atoms. The fourth-order valence-electron chi connectivity index (χ4n) is 2.82. The molecule has 0 radical (unpaired) electrons. The number of rotatable bonds is 4. The molecule has 0 aliphatic carbocycles. The van der Waals surface area contributed by atoms with Crippen LogP contribution in [0.5, 0.6) is 0 Å². The number of pyridine rings is 1. The van der Waals surface area contributed by atoms with Gasteiger partial charge in [0.25, 0.3) is 5.91 Å². The highest BCUT2D eigenvalue weighted by Gasteiger charge is 2.15. The second kappa shape index (κ2) is 6.48. The summed E-state index contributed by atoms with van der Waals surface area (Å²) in [6, 6.07) is 15.5. The molecule has 0 fully saturated rings. The molecule has 0 aliphatic heterocycles. The topological polar surface area (TPSA) is 72.4 Å². The number of anilines is 1. The first-order chi connectivity index (χ1) is 12.6. The molecule has 0 saturated carbocycles. The van der Waals surface area contributed by atoms with Crippen LogP contribution in [0.1, 0.15) is 28.7 Å². The Hall–Kier alpha value is -3.41. The lowest BCUT2D eigenvalue weighted by Gasteiger charge is -1.98. The van der Waals surface area contributed by atoms with Gasteiger partial charge in [0.1, 0.15) is 17.0 Å². The second-order valence-corrected chi connectivity index (χ2v) is 6.10. The summed E-state index contributed by atoms with van der Waals surface area (Å²) in [5, 5.41) is 6.74. The van der Waals surface area contributed by atoms with Gasteiger partial charge in [0.05, 0.1) is 0 Å². The minimum absolute atomic E-state index is 0.290. The third kappa shape index (κ3) is 2.97. The number of hydrogen-bond donors (Lipinski definition) is 1. The summed E-state index contributed by atoms with van der Waals surface area (Å²) in [6.07, 6.45) is 2.69. The smallest absolute Gasteiger partial charge is 0.278 e. The lowest BCUT2D eigenvalue weighted by atomic mass is 10.1. The molecule has 1 aromatic carbocycles. The van der Waals surface area contributed by atoms with Crippen LogP contribution in [0.25, 0.3) is 16.9 Å². The molecule has 4 rings (SSSR count). The Labute approximate surface area is 150 Å². The average Bonchev–Trinajstić information content (AvgIpc) is 3.29. The highest BCUT2D eigenvalue weighted by atomic mass is 16.5. The van der Waals surface area contributed by atoms with Crippen molar-refractivity contribution in [1.82, 2.24) is 14.5 Å². The monoisotopic (exact) mass is 346 g/mol. The van der Waals surface area contributed by atoms with E-state index in [1.165, 1.54) is 5.56 Å². The molecule has 6 nitrogen and oxygen atoms in total. The number of aromatic nitrogens is 3. The van der Waals surface area contributed by atoms with E-state index in [4.69, 9.17) is 4.52 Å². The maximum atomic E-state index is 12.4. The number of imidazole rings is 1. The van der Waals surface area contributed by atoms with Crippen molar-refractivity contribution in [2.75, 3.05) is 5.32 Å². The second-order valence-electron chi connectivity index (χ2n) is 6.10. The SMILES string of the molecule is CCc1ccc(-c2cc(NC(=O)c3cn4c(C)cccc4n3)on2)cc1. The Morgan fingerprint density at radius 3 is 2.73 bits per heavy atom. The van der Waals surface area contributed by atoms with E-state index in [-0.39, 0.29) is 5.91 Å². The molecule has 6 heteroatoms. The van der Waals surface area contributed by atoms with E-state index < -0.39 is 0 Å².